The Hall–Kier alpha value is -3.85. The van der Waals surface area contributed by atoms with Gasteiger partial charge in [0.2, 0.25) is 0 Å². The van der Waals surface area contributed by atoms with Gasteiger partial charge in [0.25, 0.3) is 0 Å². The third-order valence-corrected chi connectivity index (χ3v) is 5.00. The van der Waals surface area contributed by atoms with E-state index in [2.05, 4.69) is 39.8 Å². The lowest BCUT2D eigenvalue weighted by molar-refractivity contribution is 0.143. The molecule has 1 aliphatic carbocycles. The average molecular weight is 384 g/mol. The first-order chi connectivity index (χ1) is 14.3. The molecule has 2 aromatic carbocycles. The maximum atomic E-state index is 12.1. The number of amides is 1. The molecule has 4 rings (SSSR count). The van der Waals surface area contributed by atoms with Crippen LogP contribution in [0.5, 0.6) is 0 Å². The number of nitrogens with zero attached hydrogens (tertiary/aromatic N) is 2. The third kappa shape index (κ3) is 3.90. The number of hydrogen-bond acceptors (Lipinski definition) is 4. The van der Waals surface area contributed by atoms with Gasteiger partial charge in [0.1, 0.15) is 18.4 Å². The summed E-state index contributed by atoms with van der Waals surface area (Å²) < 4.78 is 5.50. The summed E-state index contributed by atoms with van der Waals surface area (Å²) in [5.41, 5.74) is 5.95. The number of nitrogens with one attached hydrogen (secondary N) is 2. The van der Waals surface area contributed by atoms with Crippen LogP contribution in [0.1, 0.15) is 34.7 Å². The van der Waals surface area contributed by atoms with Crippen molar-refractivity contribution in [1.82, 2.24) is 15.5 Å². The van der Waals surface area contributed by atoms with Crippen molar-refractivity contribution in [2.45, 2.75) is 12.3 Å². The Morgan fingerprint density at radius 3 is 2.55 bits per heavy atom. The van der Waals surface area contributed by atoms with Crippen LogP contribution < -0.4 is 5.32 Å². The summed E-state index contributed by atoms with van der Waals surface area (Å²) in [5.74, 6) is 0.0542. The van der Waals surface area contributed by atoms with Crippen LogP contribution in [0.25, 0.3) is 17.2 Å². The minimum absolute atomic E-state index is 0.0542. The zero-order chi connectivity index (χ0) is 20.1. The largest absolute Gasteiger partial charge is 0.449 e. The van der Waals surface area contributed by atoms with E-state index in [1.165, 1.54) is 22.3 Å². The van der Waals surface area contributed by atoms with Crippen molar-refractivity contribution in [3.63, 3.8) is 0 Å². The number of benzene rings is 2. The molecule has 0 spiro atoms. The molecule has 0 aliphatic heterocycles. The average Bonchev–Trinajstić information content (AvgIpc) is 3.34. The van der Waals surface area contributed by atoms with Gasteiger partial charge < -0.3 is 10.1 Å². The number of hydrogen-bond donors (Lipinski definition) is 2. The second kappa shape index (κ2) is 8.44. The Morgan fingerprint density at radius 1 is 1.17 bits per heavy atom. The van der Waals surface area contributed by atoms with Crippen molar-refractivity contribution in [2.24, 2.45) is 0 Å². The Kier molecular flexibility index (Phi) is 5.39. The fourth-order valence-corrected chi connectivity index (χ4v) is 3.63. The quantitative estimate of drug-likeness (QED) is 0.623. The molecule has 1 heterocycles. The monoisotopic (exact) mass is 384 g/mol. The molecule has 1 amide bonds. The molecule has 0 atom stereocenters. The summed E-state index contributed by atoms with van der Waals surface area (Å²) in [4.78, 5) is 12.1. The molecule has 3 aromatic rings. The fraction of sp³-hybridized carbons (Fsp3) is 0.174. The van der Waals surface area contributed by atoms with E-state index in [0.29, 0.717) is 25.3 Å². The zero-order valence-corrected chi connectivity index (χ0v) is 15.8. The molecule has 0 saturated heterocycles. The summed E-state index contributed by atoms with van der Waals surface area (Å²) in [5, 5.41) is 18.1. The van der Waals surface area contributed by atoms with E-state index in [1.54, 1.807) is 6.20 Å². The number of nitriles is 1. The highest BCUT2D eigenvalue weighted by Crippen LogP contribution is 2.44. The lowest BCUT2D eigenvalue weighted by atomic mass is 9.98. The fourth-order valence-electron chi connectivity index (χ4n) is 3.63. The standard InChI is InChI=1S/C23H20N4O2/c24-13-22-16(14-26-27-22)7-5-6-12-25-23(28)29-15-21-19-10-3-1-8-17(19)18-9-2-4-11-20(18)21/h1-5,7-11,14,21H,6,12,15H2,(H,25,28)(H,26,27). The Labute approximate surface area is 168 Å². The molecule has 0 fully saturated rings. The first-order valence-corrected chi connectivity index (χ1v) is 9.47. The van der Waals surface area contributed by atoms with Crippen molar-refractivity contribution < 1.29 is 9.53 Å². The van der Waals surface area contributed by atoms with Gasteiger partial charge in [0, 0.05) is 18.0 Å². The van der Waals surface area contributed by atoms with Gasteiger partial charge in [-0.25, -0.2) is 4.79 Å². The molecule has 1 aliphatic rings. The molecule has 0 bridgehead atoms. The number of fused-ring (bicyclic) bond motifs is 3. The molecule has 6 nitrogen and oxygen atoms in total. The number of alkyl carbamates (subject to hydrolysis) is 1. The maximum Gasteiger partial charge on any atom is 0.407 e. The predicted molar refractivity (Wildman–Crippen MR) is 110 cm³/mol. The number of aromatic nitrogens is 2. The van der Waals surface area contributed by atoms with Gasteiger partial charge in [-0.05, 0) is 28.7 Å². The van der Waals surface area contributed by atoms with Gasteiger partial charge in [-0.3, -0.25) is 5.10 Å². The predicted octanol–water partition coefficient (Wildman–Crippen LogP) is 4.22. The molecule has 29 heavy (non-hydrogen) atoms. The SMILES string of the molecule is N#Cc1[nH]ncc1C=CCCNC(=O)OCC1c2ccccc2-c2ccccc21. The molecule has 0 radical (unpaired) electrons. The number of aromatic amines is 1. The third-order valence-electron chi connectivity index (χ3n) is 5.00. The maximum absolute atomic E-state index is 12.1. The molecule has 144 valence electrons. The van der Waals surface area contributed by atoms with Crippen molar-refractivity contribution in [3.05, 3.63) is 83.2 Å². The Morgan fingerprint density at radius 2 is 1.86 bits per heavy atom. The molecule has 0 unspecified atom stereocenters. The first kappa shape index (κ1) is 18.5. The molecule has 2 N–H and O–H groups in total. The van der Waals surface area contributed by atoms with E-state index in [4.69, 9.17) is 10.00 Å². The summed E-state index contributed by atoms with van der Waals surface area (Å²) in [6.45, 7) is 0.753. The lowest BCUT2D eigenvalue weighted by Crippen LogP contribution is -2.26. The Balaban J connectivity index is 1.29. The number of carbonyl (C=O) groups excluding carboxylic acids is 1. The van der Waals surface area contributed by atoms with Crippen molar-refractivity contribution in [1.29, 1.82) is 5.26 Å². The van der Waals surface area contributed by atoms with Crippen molar-refractivity contribution in [3.8, 4) is 17.2 Å². The molecular weight excluding hydrogens is 364 g/mol. The molecule has 1 aromatic heterocycles. The summed E-state index contributed by atoms with van der Waals surface area (Å²) in [6.07, 6.45) is 5.48. The van der Waals surface area contributed by atoms with Gasteiger partial charge in [-0.1, -0.05) is 60.7 Å². The molecular formula is C23H20N4O2. The smallest absolute Gasteiger partial charge is 0.407 e. The summed E-state index contributed by atoms with van der Waals surface area (Å²) in [7, 11) is 0. The summed E-state index contributed by atoms with van der Waals surface area (Å²) in [6, 6.07) is 18.5. The van der Waals surface area contributed by atoms with Crippen LogP contribution in [0.4, 0.5) is 4.79 Å². The van der Waals surface area contributed by atoms with Crippen LogP contribution in [0.3, 0.4) is 0 Å². The summed E-state index contributed by atoms with van der Waals surface area (Å²) >= 11 is 0. The number of ether oxygens (including phenoxy) is 1. The van der Waals surface area contributed by atoms with E-state index in [-0.39, 0.29) is 5.92 Å². The highest BCUT2D eigenvalue weighted by Gasteiger charge is 2.28. The van der Waals surface area contributed by atoms with Crippen LogP contribution in [-0.4, -0.2) is 29.4 Å². The minimum Gasteiger partial charge on any atom is -0.449 e. The van der Waals surface area contributed by atoms with E-state index < -0.39 is 6.09 Å². The zero-order valence-electron chi connectivity index (χ0n) is 15.8. The van der Waals surface area contributed by atoms with E-state index in [9.17, 15) is 4.79 Å². The van der Waals surface area contributed by atoms with Gasteiger partial charge in [-0.15, -0.1) is 0 Å². The second-order valence-electron chi connectivity index (χ2n) is 6.76. The lowest BCUT2D eigenvalue weighted by Gasteiger charge is -2.14. The van der Waals surface area contributed by atoms with Crippen molar-refractivity contribution >= 4 is 12.2 Å². The first-order valence-electron chi connectivity index (χ1n) is 9.47. The van der Waals surface area contributed by atoms with Crippen LogP contribution in [0.15, 0.2) is 60.8 Å². The topological polar surface area (TPSA) is 90.8 Å². The van der Waals surface area contributed by atoms with Gasteiger partial charge in [0.05, 0.1) is 6.20 Å². The minimum atomic E-state index is -0.429. The van der Waals surface area contributed by atoms with E-state index >= 15 is 0 Å². The second-order valence-corrected chi connectivity index (χ2v) is 6.76. The van der Waals surface area contributed by atoms with Crippen LogP contribution in [-0.2, 0) is 4.74 Å². The number of H-pyrrole nitrogens is 1. The highest BCUT2D eigenvalue weighted by atomic mass is 16.5. The Bertz CT molecular complexity index is 1050. The molecule has 0 saturated carbocycles. The van der Waals surface area contributed by atoms with Crippen LogP contribution in [0, 0.1) is 11.3 Å². The molecule has 6 heteroatoms. The van der Waals surface area contributed by atoms with Gasteiger partial charge in [-0.2, -0.15) is 10.4 Å². The van der Waals surface area contributed by atoms with Crippen LogP contribution >= 0.6 is 0 Å². The van der Waals surface area contributed by atoms with E-state index in [0.717, 1.165) is 5.56 Å². The van der Waals surface area contributed by atoms with E-state index in [1.807, 2.05) is 42.5 Å². The van der Waals surface area contributed by atoms with Gasteiger partial charge in [0.15, 0.2) is 0 Å². The van der Waals surface area contributed by atoms with Crippen LogP contribution in [0.2, 0.25) is 0 Å². The van der Waals surface area contributed by atoms with Gasteiger partial charge >= 0.3 is 6.09 Å². The number of rotatable bonds is 6. The normalized spacial score (nSPS) is 12.4. The van der Waals surface area contributed by atoms with Crippen molar-refractivity contribution in [2.75, 3.05) is 13.2 Å². The number of carbonyl (C=O) groups is 1. The highest BCUT2D eigenvalue weighted by molar-refractivity contribution is 5.79.